The highest BCUT2D eigenvalue weighted by Crippen LogP contribution is 2.16. The van der Waals surface area contributed by atoms with E-state index in [0.717, 1.165) is 11.1 Å². The first-order chi connectivity index (χ1) is 8.63. The molecule has 1 N–H and O–H groups in total. The molecule has 0 aliphatic carbocycles. The van der Waals surface area contributed by atoms with Gasteiger partial charge in [0.15, 0.2) is 5.11 Å². The molecule has 0 aromatic heterocycles. The van der Waals surface area contributed by atoms with Gasteiger partial charge in [0.2, 0.25) is 0 Å². The molecular weight excluding hydrogens is 248 g/mol. The molecule has 1 heterocycles. The van der Waals surface area contributed by atoms with Gasteiger partial charge in [0, 0.05) is 7.11 Å². The first kappa shape index (κ1) is 13.0. The lowest BCUT2D eigenvalue weighted by Gasteiger charge is -2.17. The number of amides is 1. The molecule has 0 saturated carbocycles. The molecule has 2 rings (SSSR count). The SMILES string of the molecule is COCc1ccccc1CN1C(=O)[C@@H](C)NC1=S. The second kappa shape index (κ2) is 5.46. The molecule has 1 atom stereocenters. The second-order valence-corrected chi connectivity index (χ2v) is 4.68. The fourth-order valence-electron chi connectivity index (χ4n) is 1.99. The summed E-state index contributed by atoms with van der Waals surface area (Å²) >= 11 is 5.16. The molecular formula is C13H16N2O2S. The Morgan fingerprint density at radius 2 is 2.06 bits per heavy atom. The van der Waals surface area contributed by atoms with Crippen LogP contribution in [0.15, 0.2) is 24.3 Å². The monoisotopic (exact) mass is 264 g/mol. The van der Waals surface area contributed by atoms with E-state index in [-0.39, 0.29) is 11.9 Å². The molecule has 0 unspecified atom stereocenters. The zero-order valence-electron chi connectivity index (χ0n) is 10.5. The fourth-order valence-corrected chi connectivity index (χ4v) is 2.32. The number of methoxy groups -OCH3 is 1. The van der Waals surface area contributed by atoms with Crippen LogP contribution < -0.4 is 5.32 Å². The number of benzene rings is 1. The Kier molecular flexibility index (Phi) is 3.93. The highest BCUT2D eigenvalue weighted by Gasteiger charge is 2.32. The summed E-state index contributed by atoms with van der Waals surface area (Å²) in [6, 6.07) is 7.68. The Balaban J connectivity index is 2.19. The van der Waals surface area contributed by atoms with Crippen molar-refractivity contribution in [3.8, 4) is 0 Å². The van der Waals surface area contributed by atoms with Crippen molar-refractivity contribution in [3.63, 3.8) is 0 Å². The number of hydrogen-bond donors (Lipinski definition) is 1. The summed E-state index contributed by atoms with van der Waals surface area (Å²) in [5.41, 5.74) is 2.14. The minimum absolute atomic E-state index is 0.0206. The van der Waals surface area contributed by atoms with Crippen molar-refractivity contribution >= 4 is 23.2 Å². The smallest absolute Gasteiger partial charge is 0.251 e. The maximum absolute atomic E-state index is 11.9. The molecule has 1 aliphatic heterocycles. The van der Waals surface area contributed by atoms with Crippen LogP contribution in [0.1, 0.15) is 18.1 Å². The molecule has 1 aliphatic rings. The van der Waals surface area contributed by atoms with Crippen LogP contribution in [-0.4, -0.2) is 29.1 Å². The molecule has 5 heteroatoms. The molecule has 1 aromatic carbocycles. The van der Waals surface area contributed by atoms with Crippen LogP contribution in [0.2, 0.25) is 0 Å². The van der Waals surface area contributed by atoms with E-state index in [2.05, 4.69) is 5.32 Å². The van der Waals surface area contributed by atoms with Gasteiger partial charge in [-0.25, -0.2) is 0 Å². The van der Waals surface area contributed by atoms with Crippen molar-refractivity contribution in [2.75, 3.05) is 7.11 Å². The van der Waals surface area contributed by atoms with Crippen molar-refractivity contribution in [2.45, 2.75) is 26.1 Å². The van der Waals surface area contributed by atoms with E-state index < -0.39 is 0 Å². The van der Waals surface area contributed by atoms with Crippen molar-refractivity contribution in [1.82, 2.24) is 10.2 Å². The number of hydrogen-bond acceptors (Lipinski definition) is 3. The van der Waals surface area contributed by atoms with Gasteiger partial charge in [0.05, 0.1) is 13.2 Å². The minimum Gasteiger partial charge on any atom is -0.380 e. The number of nitrogens with zero attached hydrogens (tertiary/aromatic N) is 1. The predicted octanol–water partition coefficient (Wildman–Crippen LogP) is 1.44. The first-order valence-corrected chi connectivity index (χ1v) is 6.22. The second-order valence-electron chi connectivity index (χ2n) is 4.30. The van der Waals surface area contributed by atoms with Crippen molar-refractivity contribution < 1.29 is 9.53 Å². The predicted molar refractivity (Wildman–Crippen MR) is 72.9 cm³/mol. The highest BCUT2D eigenvalue weighted by atomic mass is 32.1. The van der Waals surface area contributed by atoms with E-state index in [1.54, 1.807) is 12.0 Å². The van der Waals surface area contributed by atoms with Crippen LogP contribution in [0, 0.1) is 0 Å². The first-order valence-electron chi connectivity index (χ1n) is 5.81. The van der Waals surface area contributed by atoms with Crippen LogP contribution in [0.4, 0.5) is 0 Å². The van der Waals surface area contributed by atoms with Crippen LogP contribution in [0.25, 0.3) is 0 Å². The summed E-state index contributed by atoms with van der Waals surface area (Å²) in [7, 11) is 1.66. The summed E-state index contributed by atoms with van der Waals surface area (Å²) in [6.07, 6.45) is 0. The molecule has 4 nitrogen and oxygen atoms in total. The van der Waals surface area contributed by atoms with Gasteiger partial charge in [-0.2, -0.15) is 0 Å². The van der Waals surface area contributed by atoms with Gasteiger partial charge in [0.1, 0.15) is 6.04 Å². The Labute approximate surface area is 112 Å². The highest BCUT2D eigenvalue weighted by molar-refractivity contribution is 7.80. The van der Waals surface area contributed by atoms with E-state index in [1.807, 2.05) is 31.2 Å². The van der Waals surface area contributed by atoms with E-state index in [1.165, 1.54) is 0 Å². The summed E-state index contributed by atoms with van der Waals surface area (Å²) in [5.74, 6) is 0.0206. The average Bonchev–Trinajstić information content (AvgIpc) is 2.59. The maximum atomic E-state index is 11.9. The molecule has 1 amide bonds. The van der Waals surface area contributed by atoms with Crippen LogP contribution in [0.3, 0.4) is 0 Å². The largest absolute Gasteiger partial charge is 0.380 e. The van der Waals surface area contributed by atoms with E-state index in [4.69, 9.17) is 17.0 Å². The number of rotatable bonds is 4. The zero-order valence-corrected chi connectivity index (χ0v) is 11.3. The van der Waals surface area contributed by atoms with Gasteiger partial charge in [-0.05, 0) is 30.3 Å². The topological polar surface area (TPSA) is 41.6 Å². The zero-order chi connectivity index (χ0) is 13.1. The lowest BCUT2D eigenvalue weighted by Crippen LogP contribution is -2.30. The molecule has 1 fully saturated rings. The quantitative estimate of drug-likeness (QED) is 0.836. The average molecular weight is 264 g/mol. The van der Waals surface area contributed by atoms with Crippen molar-refractivity contribution in [1.29, 1.82) is 0 Å². The Morgan fingerprint density at radius 3 is 2.61 bits per heavy atom. The number of thiocarbonyl (C=S) groups is 1. The van der Waals surface area contributed by atoms with Gasteiger partial charge in [0.25, 0.3) is 5.91 Å². The molecule has 96 valence electrons. The fraction of sp³-hybridized carbons (Fsp3) is 0.385. The van der Waals surface area contributed by atoms with Gasteiger partial charge < -0.3 is 10.1 Å². The molecule has 1 aromatic rings. The Bertz CT molecular complexity index is 476. The summed E-state index contributed by atoms with van der Waals surface area (Å²) in [4.78, 5) is 13.5. The minimum atomic E-state index is -0.230. The van der Waals surface area contributed by atoms with Crippen LogP contribution >= 0.6 is 12.2 Å². The Hall–Kier alpha value is -1.46. The number of ether oxygens (including phenoxy) is 1. The van der Waals surface area contributed by atoms with Gasteiger partial charge in [-0.15, -0.1) is 0 Å². The number of nitrogens with one attached hydrogen (secondary N) is 1. The van der Waals surface area contributed by atoms with Gasteiger partial charge in [-0.1, -0.05) is 24.3 Å². The summed E-state index contributed by atoms with van der Waals surface area (Å²) in [5, 5.41) is 3.46. The van der Waals surface area contributed by atoms with E-state index >= 15 is 0 Å². The molecule has 18 heavy (non-hydrogen) atoms. The third-order valence-electron chi connectivity index (χ3n) is 2.97. The normalized spacial score (nSPS) is 19.2. The van der Waals surface area contributed by atoms with Crippen LogP contribution in [-0.2, 0) is 22.7 Å². The standard InChI is InChI=1S/C13H16N2O2S/c1-9-12(16)15(13(18)14-9)7-10-5-3-4-6-11(10)8-17-2/h3-6,9H,7-8H2,1-2H3,(H,14,18)/t9-/m1/s1. The van der Waals surface area contributed by atoms with Crippen LogP contribution in [0.5, 0.6) is 0 Å². The summed E-state index contributed by atoms with van der Waals surface area (Å²) < 4.78 is 5.16. The molecule has 1 saturated heterocycles. The van der Waals surface area contributed by atoms with E-state index in [0.29, 0.717) is 18.3 Å². The summed E-state index contributed by atoms with van der Waals surface area (Å²) in [6.45, 7) is 2.85. The van der Waals surface area contributed by atoms with Crippen molar-refractivity contribution in [3.05, 3.63) is 35.4 Å². The van der Waals surface area contributed by atoms with Gasteiger partial charge in [-0.3, -0.25) is 9.69 Å². The van der Waals surface area contributed by atoms with E-state index in [9.17, 15) is 4.79 Å². The molecule has 0 radical (unpaired) electrons. The molecule has 0 spiro atoms. The molecule has 0 bridgehead atoms. The number of carbonyl (C=O) groups is 1. The maximum Gasteiger partial charge on any atom is 0.251 e. The Morgan fingerprint density at radius 1 is 1.39 bits per heavy atom. The third kappa shape index (κ3) is 2.52. The lowest BCUT2D eigenvalue weighted by atomic mass is 10.1. The number of carbonyl (C=O) groups excluding carboxylic acids is 1. The van der Waals surface area contributed by atoms with Crippen molar-refractivity contribution in [2.24, 2.45) is 0 Å². The third-order valence-corrected chi connectivity index (χ3v) is 3.31. The lowest BCUT2D eigenvalue weighted by molar-refractivity contribution is -0.127. The van der Waals surface area contributed by atoms with Gasteiger partial charge >= 0.3 is 0 Å².